The first-order valence-electron chi connectivity index (χ1n) is 6.26. The van der Waals surface area contributed by atoms with Gasteiger partial charge in [0.15, 0.2) is 17.2 Å². The molecular formula is C14H15BrN2O4. The van der Waals surface area contributed by atoms with Crippen molar-refractivity contribution < 1.29 is 19.7 Å². The number of ether oxygens (including phenoxy) is 1. The highest BCUT2D eigenvalue weighted by atomic mass is 79.9. The summed E-state index contributed by atoms with van der Waals surface area (Å²) < 4.78 is 7.30. The Morgan fingerprint density at radius 2 is 2.14 bits per heavy atom. The van der Waals surface area contributed by atoms with Crippen LogP contribution >= 0.6 is 15.9 Å². The van der Waals surface area contributed by atoms with E-state index in [0.717, 1.165) is 12.0 Å². The number of carboxylic acids is 1. The SMILES string of the molecule is CCc1cc(OC)c(O)c(-c2cc(C(=O)O)nn2C)c1Br. The van der Waals surface area contributed by atoms with Crippen molar-refractivity contribution in [1.82, 2.24) is 9.78 Å². The van der Waals surface area contributed by atoms with Crippen molar-refractivity contribution >= 4 is 21.9 Å². The summed E-state index contributed by atoms with van der Waals surface area (Å²) in [5.41, 5.74) is 1.82. The van der Waals surface area contributed by atoms with Gasteiger partial charge >= 0.3 is 5.97 Å². The average Bonchev–Trinajstić information content (AvgIpc) is 2.82. The predicted octanol–water partition coefficient (Wildman–Crippen LogP) is 2.82. The second-order valence-corrected chi connectivity index (χ2v) is 5.27. The lowest BCUT2D eigenvalue weighted by atomic mass is 10.0. The van der Waals surface area contributed by atoms with Gasteiger partial charge in [-0.2, -0.15) is 5.10 Å². The van der Waals surface area contributed by atoms with Crippen molar-refractivity contribution in [1.29, 1.82) is 0 Å². The summed E-state index contributed by atoms with van der Waals surface area (Å²) in [4.78, 5) is 11.0. The molecule has 1 aromatic heterocycles. The summed E-state index contributed by atoms with van der Waals surface area (Å²) in [5.74, 6) is -0.837. The van der Waals surface area contributed by atoms with E-state index in [1.165, 1.54) is 17.9 Å². The molecule has 0 atom stereocenters. The zero-order valence-corrected chi connectivity index (χ0v) is 13.4. The second-order valence-electron chi connectivity index (χ2n) is 4.47. The molecule has 0 aliphatic rings. The Morgan fingerprint density at radius 3 is 2.62 bits per heavy atom. The predicted molar refractivity (Wildman–Crippen MR) is 80.9 cm³/mol. The zero-order valence-electron chi connectivity index (χ0n) is 11.8. The van der Waals surface area contributed by atoms with Crippen LogP contribution in [0.1, 0.15) is 23.0 Å². The molecule has 21 heavy (non-hydrogen) atoms. The number of methoxy groups -OCH3 is 1. The van der Waals surface area contributed by atoms with Crippen molar-refractivity contribution in [2.75, 3.05) is 7.11 Å². The first kappa shape index (κ1) is 15.4. The Kier molecular flexibility index (Phi) is 4.22. The van der Waals surface area contributed by atoms with Gasteiger partial charge in [-0.3, -0.25) is 4.68 Å². The van der Waals surface area contributed by atoms with E-state index in [1.54, 1.807) is 13.1 Å². The van der Waals surface area contributed by atoms with Gasteiger partial charge in [-0.15, -0.1) is 0 Å². The van der Waals surface area contributed by atoms with Crippen LogP contribution < -0.4 is 4.74 Å². The van der Waals surface area contributed by atoms with E-state index in [1.807, 2.05) is 6.92 Å². The maximum absolute atomic E-state index is 11.0. The number of carboxylic acid groups (broad SMARTS) is 1. The fourth-order valence-corrected chi connectivity index (χ4v) is 2.92. The summed E-state index contributed by atoms with van der Waals surface area (Å²) in [5, 5.41) is 23.3. The molecule has 0 fully saturated rings. The summed E-state index contributed by atoms with van der Waals surface area (Å²) >= 11 is 3.47. The highest BCUT2D eigenvalue weighted by molar-refractivity contribution is 9.10. The molecule has 0 radical (unpaired) electrons. The molecule has 7 heteroatoms. The van der Waals surface area contributed by atoms with E-state index in [2.05, 4.69) is 21.0 Å². The van der Waals surface area contributed by atoms with E-state index >= 15 is 0 Å². The third-order valence-corrected chi connectivity index (χ3v) is 4.14. The first-order valence-corrected chi connectivity index (χ1v) is 7.06. The fraction of sp³-hybridized carbons (Fsp3) is 0.286. The zero-order chi connectivity index (χ0) is 15.7. The average molecular weight is 355 g/mol. The molecule has 0 aliphatic heterocycles. The molecule has 0 amide bonds. The molecule has 2 N–H and O–H groups in total. The second kappa shape index (κ2) is 5.77. The third kappa shape index (κ3) is 2.61. The minimum Gasteiger partial charge on any atom is -0.504 e. The number of aromatic nitrogens is 2. The molecule has 0 saturated heterocycles. The van der Waals surface area contributed by atoms with Gasteiger partial charge in [-0.05, 0) is 40.0 Å². The summed E-state index contributed by atoms with van der Waals surface area (Å²) in [6, 6.07) is 3.17. The van der Waals surface area contributed by atoms with Gasteiger partial charge in [0, 0.05) is 11.5 Å². The van der Waals surface area contributed by atoms with Crippen molar-refractivity contribution in [2.24, 2.45) is 7.05 Å². The highest BCUT2D eigenvalue weighted by Gasteiger charge is 2.22. The molecule has 2 aromatic rings. The number of phenolic OH excluding ortho intramolecular Hbond substituents is 1. The number of hydrogen-bond donors (Lipinski definition) is 2. The molecule has 0 aliphatic carbocycles. The van der Waals surface area contributed by atoms with Crippen molar-refractivity contribution in [2.45, 2.75) is 13.3 Å². The number of benzene rings is 1. The lowest BCUT2D eigenvalue weighted by Gasteiger charge is -2.14. The summed E-state index contributed by atoms with van der Waals surface area (Å²) in [6.45, 7) is 1.98. The third-order valence-electron chi connectivity index (χ3n) is 3.23. The standard InChI is InChI=1S/C14H15BrN2O4/c1-4-7-5-10(21-3)13(18)11(12(7)15)9-6-8(14(19)20)16-17(9)2/h5-6,18H,4H2,1-3H3,(H,19,20). The maximum Gasteiger partial charge on any atom is 0.356 e. The lowest BCUT2D eigenvalue weighted by molar-refractivity contribution is 0.0689. The maximum atomic E-state index is 11.0. The van der Waals surface area contributed by atoms with Crippen LogP contribution in [-0.2, 0) is 13.5 Å². The van der Waals surface area contributed by atoms with Crippen molar-refractivity contribution in [3.05, 3.63) is 27.9 Å². The number of halogens is 1. The molecule has 0 unspecified atom stereocenters. The van der Waals surface area contributed by atoms with Crippen LogP contribution in [0.25, 0.3) is 11.3 Å². The van der Waals surface area contributed by atoms with Gasteiger partial charge in [-0.1, -0.05) is 6.92 Å². The molecule has 0 spiro atoms. The number of rotatable bonds is 4. The van der Waals surface area contributed by atoms with Crippen LogP contribution in [0.15, 0.2) is 16.6 Å². The Hall–Kier alpha value is -2.02. The van der Waals surface area contributed by atoms with E-state index in [0.29, 0.717) is 21.5 Å². The number of aromatic hydroxyl groups is 1. The van der Waals surface area contributed by atoms with Gasteiger partial charge in [0.1, 0.15) is 0 Å². The normalized spacial score (nSPS) is 10.7. The van der Waals surface area contributed by atoms with Crippen LogP contribution in [0.5, 0.6) is 11.5 Å². The van der Waals surface area contributed by atoms with E-state index < -0.39 is 5.97 Å². The highest BCUT2D eigenvalue weighted by Crippen LogP contribution is 2.44. The lowest BCUT2D eigenvalue weighted by Crippen LogP contribution is -2.00. The van der Waals surface area contributed by atoms with E-state index in [9.17, 15) is 9.90 Å². The van der Waals surface area contributed by atoms with Crippen LogP contribution in [0.3, 0.4) is 0 Å². The Morgan fingerprint density at radius 1 is 1.48 bits per heavy atom. The molecular weight excluding hydrogens is 340 g/mol. The van der Waals surface area contributed by atoms with Gasteiger partial charge < -0.3 is 14.9 Å². The van der Waals surface area contributed by atoms with Gasteiger partial charge in [0.25, 0.3) is 0 Å². The number of aromatic carboxylic acids is 1. The molecule has 0 saturated carbocycles. The van der Waals surface area contributed by atoms with E-state index in [4.69, 9.17) is 9.84 Å². The van der Waals surface area contributed by atoms with Crippen LogP contribution in [-0.4, -0.2) is 33.1 Å². The molecule has 112 valence electrons. The molecule has 2 rings (SSSR count). The van der Waals surface area contributed by atoms with Crippen LogP contribution in [0.2, 0.25) is 0 Å². The summed E-state index contributed by atoms with van der Waals surface area (Å²) in [6.07, 6.45) is 0.730. The molecule has 0 bridgehead atoms. The Balaban J connectivity index is 2.76. The summed E-state index contributed by atoms with van der Waals surface area (Å²) in [7, 11) is 3.09. The Bertz CT molecular complexity index is 681. The molecule has 6 nitrogen and oxygen atoms in total. The number of hydrogen-bond acceptors (Lipinski definition) is 4. The quantitative estimate of drug-likeness (QED) is 0.881. The minimum absolute atomic E-state index is 0.0542. The van der Waals surface area contributed by atoms with Crippen LogP contribution in [0.4, 0.5) is 0 Å². The van der Waals surface area contributed by atoms with Gasteiger partial charge in [0.05, 0.1) is 18.4 Å². The monoisotopic (exact) mass is 354 g/mol. The van der Waals surface area contributed by atoms with Gasteiger partial charge in [0.2, 0.25) is 0 Å². The van der Waals surface area contributed by atoms with Gasteiger partial charge in [-0.25, -0.2) is 4.79 Å². The smallest absolute Gasteiger partial charge is 0.356 e. The molecule has 1 aromatic carbocycles. The van der Waals surface area contributed by atoms with E-state index in [-0.39, 0.29) is 11.4 Å². The molecule has 1 heterocycles. The first-order chi connectivity index (χ1) is 9.90. The minimum atomic E-state index is -1.12. The number of aryl methyl sites for hydroxylation is 2. The topological polar surface area (TPSA) is 84.6 Å². The van der Waals surface area contributed by atoms with Crippen molar-refractivity contribution in [3.8, 4) is 22.8 Å². The number of nitrogens with zero attached hydrogens (tertiary/aromatic N) is 2. The number of carbonyl (C=O) groups is 1. The number of phenols is 1. The largest absolute Gasteiger partial charge is 0.504 e. The Labute approximate surface area is 130 Å². The fourth-order valence-electron chi connectivity index (χ4n) is 2.13. The van der Waals surface area contributed by atoms with Crippen molar-refractivity contribution in [3.63, 3.8) is 0 Å². The van der Waals surface area contributed by atoms with Crippen LogP contribution in [0, 0.1) is 0 Å².